The van der Waals surface area contributed by atoms with Crippen LogP contribution in [-0.2, 0) is 6.54 Å². The summed E-state index contributed by atoms with van der Waals surface area (Å²) >= 11 is 0. The van der Waals surface area contributed by atoms with E-state index >= 15 is 0 Å². The molecule has 0 saturated heterocycles. The lowest BCUT2D eigenvalue weighted by molar-refractivity contribution is 0.248. The number of benzene rings is 1. The lowest BCUT2D eigenvalue weighted by Crippen LogP contribution is -2.22. The predicted octanol–water partition coefficient (Wildman–Crippen LogP) is 3.42. The van der Waals surface area contributed by atoms with E-state index in [2.05, 4.69) is 16.8 Å². The number of pyridine rings is 1. The number of rotatable bonds is 5. The molecule has 1 aromatic carbocycles. The minimum atomic E-state index is -0.336. The van der Waals surface area contributed by atoms with Gasteiger partial charge in [-0.25, -0.2) is 4.39 Å². The molecule has 0 fully saturated rings. The smallest absolute Gasteiger partial charge is 0.165 e. The molecule has 1 aromatic heterocycles. The van der Waals surface area contributed by atoms with Crippen LogP contribution in [0.3, 0.4) is 0 Å². The largest absolute Gasteiger partial charge is 0.494 e. The summed E-state index contributed by atoms with van der Waals surface area (Å²) < 4.78 is 18.4. The zero-order chi connectivity index (χ0) is 14.5. The third-order valence-electron chi connectivity index (χ3n) is 3.42. The maximum atomic E-state index is 13.4. The van der Waals surface area contributed by atoms with Crippen molar-refractivity contribution in [1.29, 1.82) is 0 Å². The number of halogens is 1. The highest BCUT2D eigenvalue weighted by atomic mass is 19.1. The van der Waals surface area contributed by atoms with Crippen LogP contribution in [0.15, 0.2) is 42.6 Å². The summed E-state index contributed by atoms with van der Waals surface area (Å²) in [5.74, 6) is -0.0573. The molecule has 0 bridgehead atoms. The predicted molar refractivity (Wildman–Crippen MR) is 77.1 cm³/mol. The standard InChI is InChI=1S/C16H19FN2O/c1-12(15-6-4-5-9-18-15)19(2)11-13-7-8-14(17)16(10-13)20-3/h4-10,12H,11H2,1-3H3. The van der Waals surface area contributed by atoms with Crippen LogP contribution in [0.5, 0.6) is 5.75 Å². The molecule has 4 heteroatoms. The number of nitrogens with zero attached hydrogens (tertiary/aromatic N) is 2. The number of hydrogen-bond donors (Lipinski definition) is 0. The van der Waals surface area contributed by atoms with E-state index in [9.17, 15) is 4.39 Å². The van der Waals surface area contributed by atoms with Gasteiger partial charge in [0.25, 0.3) is 0 Å². The molecule has 0 spiro atoms. The molecule has 0 N–H and O–H groups in total. The molecule has 0 aliphatic carbocycles. The van der Waals surface area contributed by atoms with Gasteiger partial charge in [-0.3, -0.25) is 9.88 Å². The van der Waals surface area contributed by atoms with Crippen LogP contribution in [0, 0.1) is 5.82 Å². The Kier molecular flexibility index (Phi) is 4.69. The normalized spacial score (nSPS) is 12.4. The van der Waals surface area contributed by atoms with E-state index in [0.717, 1.165) is 11.3 Å². The average molecular weight is 274 g/mol. The second kappa shape index (κ2) is 6.48. The Morgan fingerprint density at radius 1 is 1.30 bits per heavy atom. The van der Waals surface area contributed by atoms with Crippen LogP contribution in [0.4, 0.5) is 4.39 Å². The van der Waals surface area contributed by atoms with Gasteiger partial charge in [-0.05, 0) is 43.8 Å². The molecule has 1 atom stereocenters. The third kappa shape index (κ3) is 3.33. The molecule has 0 aliphatic heterocycles. The second-order valence-corrected chi connectivity index (χ2v) is 4.81. The maximum Gasteiger partial charge on any atom is 0.165 e. The van der Waals surface area contributed by atoms with Gasteiger partial charge >= 0.3 is 0 Å². The van der Waals surface area contributed by atoms with Crippen molar-refractivity contribution < 1.29 is 9.13 Å². The molecule has 106 valence electrons. The van der Waals surface area contributed by atoms with Crippen LogP contribution >= 0.6 is 0 Å². The van der Waals surface area contributed by atoms with Gasteiger partial charge in [-0.15, -0.1) is 0 Å². The van der Waals surface area contributed by atoms with E-state index in [1.165, 1.54) is 13.2 Å². The van der Waals surface area contributed by atoms with E-state index in [-0.39, 0.29) is 17.6 Å². The Labute approximate surface area is 119 Å². The third-order valence-corrected chi connectivity index (χ3v) is 3.42. The van der Waals surface area contributed by atoms with E-state index in [0.29, 0.717) is 6.54 Å². The van der Waals surface area contributed by atoms with Crippen LogP contribution in [0.25, 0.3) is 0 Å². The summed E-state index contributed by atoms with van der Waals surface area (Å²) in [7, 11) is 3.50. The summed E-state index contributed by atoms with van der Waals surface area (Å²) in [4.78, 5) is 6.52. The summed E-state index contributed by atoms with van der Waals surface area (Å²) in [5.41, 5.74) is 2.03. The van der Waals surface area contributed by atoms with Gasteiger partial charge in [0.05, 0.1) is 12.8 Å². The summed E-state index contributed by atoms with van der Waals surface area (Å²) in [6.07, 6.45) is 1.79. The summed E-state index contributed by atoms with van der Waals surface area (Å²) in [6.45, 7) is 2.80. The van der Waals surface area contributed by atoms with Crippen LogP contribution < -0.4 is 4.74 Å². The fourth-order valence-corrected chi connectivity index (χ4v) is 2.08. The van der Waals surface area contributed by atoms with Crippen LogP contribution in [0.1, 0.15) is 24.2 Å². The average Bonchev–Trinajstić information content (AvgIpc) is 2.49. The van der Waals surface area contributed by atoms with Crippen molar-refractivity contribution in [2.24, 2.45) is 0 Å². The Bertz CT molecular complexity index is 560. The quantitative estimate of drug-likeness (QED) is 0.835. The fourth-order valence-electron chi connectivity index (χ4n) is 2.08. The highest BCUT2D eigenvalue weighted by Crippen LogP contribution is 2.22. The fraction of sp³-hybridized carbons (Fsp3) is 0.312. The maximum absolute atomic E-state index is 13.4. The van der Waals surface area contributed by atoms with E-state index in [1.54, 1.807) is 18.3 Å². The summed E-state index contributed by atoms with van der Waals surface area (Å²) in [5, 5.41) is 0. The van der Waals surface area contributed by atoms with Gasteiger partial charge in [-0.1, -0.05) is 12.1 Å². The number of aromatic nitrogens is 1. The minimum Gasteiger partial charge on any atom is -0.494 e. The molecule has 0 saturated carbocycles. The topological polar surface area (TPSA) is 25.4 Å². The van der Waals surface area contributed by atoms with Crippen molar-refractivity contribution in [1.82, 2.24) is 9.88 Å². The first-order valence-corrected chi connectivity index (χ1v) is 6.55. The van der Waals surface area contributed by atoms with Crippen molar-refractivity contribution in [3.8, 4) is 5.75 Å². The molecular weight excluding hydrogens is 255 g/mol. The first-order valence-electron chi connectivity index (χ1n) is 6.55. The van der Waals surface area contributed by atoms with E-state index < -0.39 is 0 Å². The molecule has 0 amide bonds. The molecule has 0 aliphatic rings. The van der Waals surface area contributed by atoms with E-state index in [1.807, 2.05) is 25.2 Å². The zero-order valence-corrected chi connectivity index (χ0v) is 12.0. The molecule has 20 heavy (non-hydrogen) atoms. The Morgan fingerprint density at radius 3 is 2.75 bits per heavy atom. The summed E-state index contributed by atoms with van der Waals surface area (Å²) in [6, 6.07) is 11.0. The lowest BCUT2D eigenvalue weighted by atomic mass is 10.1. The van der Waals surface area contributed by atoms with Gasteiger partial charge in [0.2, 0.25) is 0 Å². The van der Waals surface area contributed by atoms with Crippen molar-refractivity contribution in [2.75, 3.05) is 14.2 Å². The minimum absolute atomic E-state index is 0.187. The molecule has 1 heterocycles. The second-order valence-electron chi connectivity index (χ2n) is 4.81. The van der Waals surface area contributed by atoms with Crippen LogP contribution in [-0.4, -0.2) is 24.0 Å². The number of hydrogen-bond acceptors (Lipinski definition) is 3. The molecular formula is C16H19FN2O. The Hall–Kier alpha value is -1.94. The molecule has 1 unspecified atom stereocenters. The SMILES string of the molecule is COc1cc(CN(C)C(C)c2ccccn2)ccc1F. The van der Waals surface area contributed by atoms with Crippen LogP contribution in [0.2, 0.25) is 0 Å². The lowest BCUT2D eigenvalue weighted by Gasteiger charge is -2.24. The van der Waals surface area contributed by atoms with Crippen molar-refractivity contribution in [3.63, 3.8) is 0 Å². The highest BCUT2D eigenvalue weighted by molar-refractivity contribution is 5.30. The monoisotopic (exact) mass is 274 g/mol. The molecule has 0 radical (unpaired) electrons. The first kappa shape index (κ1) is 14.5. The number of methoxy groups -OCH3 is 1. The molecule has 3 nitrogen and oxygen atoms in total. The van der Waals surface area contributed by atoms with Gasteiger partial charge in [0.1, 0.15) is 0 Å². The van der Waals surface area contributed by atoms with Crippen molar-refractivity contribution in [3.05, 3.63) is 59.7 Å². The molecule has 2 aromatic rings. The van der Waals surface area contributed by atoms with Gasteiger partial charge < -0.3 is 4.74 Å². The number of ether oxygens (including phenoxy) is 1. The molecule has 2 rings (SSSR count). The van der Waals surface area contributed by atoms with Crippen molar-refractivity contribution >= 4 is 0 Å². The Balaban J connectivity index is 2.09. The van der Waals surface area contributed by atoms with Crippen molar-refractivity contribution in [2.45, 2.75) is 19.5 Å². The van der Waals surface area contributed by atoms with E-state index in [4.69, 9.17) is 4.74 Å². The highest BCUT2D eigenvalue weighted by Gasteiger charge is 2.13. The zero-order valence-electron chi connectivity index (χ0n) is 12.0. The first-order chi connectivity index (χ1) is 9.61. The van der Waals surface area contributed by atoms with Gasteiger partial charge in [0, 0.05) is 18.8 Å². The Morgan fingerprint density at radius 2 is 2.10 bits per heavy atom. The van der Waals surface area contributed by atoms with Gasteiger partial charge in [-0.2, -0.15) is 0 Å². The van der Waals surface area contributed by atoms with Gasteiger partial charge in [0.15, 0.2) is 11.6 Å².